The molecule has 3 nitrogen and oxygen atoms in total. The molecule has 1 aromatic heterocycles. The highest BCUT2D eigenvalue weighted by molar-refractivity contribution is 5.58. The normalized spacial score (nSPS) is 9.92. The second-order valence-electron chi connectivity index (χ2n) is 2.49. The molecule has 0 aliphatic rings. The third-order valence-electron chi connectivity index (χ3n) is 1.65. The summed E-state index contributed by atoms with van der Waals surface area (Å²) in [7, 11) is 0. The van der Waals surface area contributed by atoms with Crippen molar-refractivity contribution in [2.24, 2.45) is 0 Å². The van der Waals surface area contributed by atoms with E-state index in [-0.39, 0.29) is 5.82 Å². The van der Waals surface area contributed by atoms with Gasteiger partial charge in [0.1, 0.15) is 5.82 Å². The van der Waals surface area contributed by atoms with Gasteiger partial charge in [-0.3, -0.25) is 0 Å². The third kappa shape index (κ3) is 1.51. The molecule has 0 aliphatic carbocycles. The van der Waals surface area contributed by atoms with Crippen LogP contribution in [0.25, 0.3) is 11.3 Å². The van der Waals surface area contributed by atoms with Crippen molar-refractivity contribution in [2.75, 3.05) is 0 Å². The summed E-state index contributed by atoms with van der Waals surface area (Å²) in [5.74, 6) is -0.303. The van der Waals surface area contributed by atoms with Crippen LogP contribution in [0.2, 0.25) is 0 Å². The summed E-state index contributed by atoms with van der Waals surface area (Å²) >= 11 is 0. The molecule has 0 atom stereocenters. The first-order valence-corrected chi connectivity index (χ1v) is 3.77. The standard InChI is InChI=1S/C9H6FN3/c10-8-4-2-1-3-7(8)9-5-6-11-13-12-9/h1-6H. The Morgan fingerprint density at radius 1 is 1.08 bits per heavy atom. The van der Waals surface area contributed by atoms with Gasteiger partial charge in [-0.05, 0) is 23.4 Å². The van der Waals surface area contributed by atoms with Gasteiger partial charge in [0.15, 0.2) is 0 Å². The van der Waals surface area contributed by atoms with Gasteiger partial charge in [-0.25, -0.2) is 4.39 Å². The summed E-state index contributed by atoms with van der Waals surface area (Å²) < 4.78 is 13.2. The molecule has 0 bridgehead atoms. The van der Waals surface area contributed by atoms with E-state index >= 15 is 0 Å². The molecule has 64 valence electrons. The zero-order chi connectivity index (χ0) is 9.10. The van der Waals surface area contributed by atoms with Crippen molar-refractivity contribution in [3.8, 4) is 11.3 Å². The average Bonchev–Trinajstić information content (AvgIpc) is 2.20. The zero-order valence-electron chi connectivity index (χ0n) is 6.68. The Labute approximate surface area is 74.2 Å². The number of aromatic nitrogens is 3. The maximum Gasteiger partial charge on any atom is 0.132 e. The number of benzene rings is 1. The predicted octanol–water partition coefficient (Wildman–Crippen LogP) is 1.68. The molecule has 0 N–H and O–H groups in total. The molecule has 0 unspecified atom stereocenters. The Bertz CT molecular complexity index is 403. The lowest BCUT2D eigenvalue weighted by Crippen LogP contribution is -1.91. The Hall–Kier alpha value is -1.84. The molecule has 1 heterocycles. The van der Waals surface area contributed by atoms with Crippen molar-refractivity contribution >= 4 is 0 Å². The second kappa shape index (κ2) is 3.26. The van der Waals surface area contributed by atoms with Gasteiger partial charge >= 0.3 is 0 Å². The van der Waals surface area contributed by atoms with Crippen LogP contribution in [0, 0.1) is 5.82 Å². The fourth-order valence-corrected chi connectivity index (χ4v) is 1.05. The first-order chi connectivity index (χ1) is 6.38. The molecule has 0 radical (unpaired) electrons. The van der Waals surface area contributed by atoms with Crippen molar-refractivity contribution in [3.05, 3.63) is 42.3 Å². The number of nitrogens with zero attached hydrogens (tertiary/aromatic N) is 3. The van der Waals surface area contributed by atoms with Gasteiger partial charge in [0.25, 0.3) is 0 Å². The molecule has 0 amide bonds. The second-order valence-corrected chi connectivity index (χ2v) is 2.49. The summed E-state index contributed by atoms with van der Waals surface area (Å²) in [5.41, 5.74) is 0.936. The summed E-state index contributed by atoms with van der Waals surface area (Å²) in [5, 5.41) is 10.7. The van der Waals surface area contributed by atoms with Gasteiger partial charge < -0.3 is 0 Å². The lowest BCUT2D eigenvalue weighted by Gasteiger charge is -1.98. The first-order valence-electron chi connectivity index (χ1n) is 3.77. The van der Waals surface area contributed by atoms with Crippen LogP contribution in [0.5, 0.6) is 0 Å². The average molecular weight is 175 g/mol. The SMILES string of the molecule is Fc1ccccc1-c1ccnnn1. The van der Waals surface area contributed by atoms with Gasteiger partial charge in [-0.1, -0.05) is 12.1 Å². The fraction of sp³-hybridized carbons (Fsp3) is 0. The maximum atomic E-state index is 13.2. The minimum absolute atomic E-state index is 0.303. The minimum atomic E-state index is -0.303. The van der Waals surface area contributed by atoms with Crippen molar-refractivity contribution in [2.45, 2.75) is 0 Å². The van der Waals surface area contributed by atoms with E-state index in [1.165, 1.54) is 12.3 Å². The highest BCUT2D eigenvalue weighted by atomic mass is 19.1. The van der Waals surface area contributed by atoms with Crippen LogP contribution in [0.1, 0.15) is 0 Å². The van der Waals surface area contributed by atoms with Crippen molar-refractivity contribution in [3.63, 3.8) is 0 Å². The molecule has 2 rings (SSSR count). The van der Waals surface area contributed by atoms with E-state index < -0.39 is 0 Å². The van der Waals surface area contributed by atoms with Crippen LogP contribution in [0.3, 0.4) is 0 Å². The van der Waals surface area contributed by atoms with Gasteiger partial charge in [0.05, 0.1) is 11.9 Å². The van der Waals surface area contributed by atoms with Crippen molar-refractivity contribution in [1.82, 2.24) is 15.4 Å². The molecule has 0 saturated carbocycles. The highest BCUT2D eigenvalue weighted by Crippen LogP contribution is 2.18. The Kier molecular flexibility index (Phi) is 1.96. The van der Waals surface area contributed by atoms with E-state index in [2.05, 4.69) is 15.4 Å². The van der Waals surface area contributed by atoms with Crippen LogP contribution < -0.4 is 0 Å². The monoisotopic (exact) mass is 175 g/mol. The molecular formula is C9H6FN3. The number of hydrogen-bond acceptors (Lipinski definition) is 3. The summed E-state index contributed by atoms with van der Waals surface area (Å²) in [6.45, 7) is 0. The van der Waals surface area contributed by atoms with Gasteiger partial charge in [-0.2, -0.15) is 0 Å². The Morgan fingerprint density at radius 3 is 2.62 bits per heavy atom. The summed E-state index contributed by atoms with van der Waals surface area (Å²) in [6.07, 6.45) is 1.48. The van der Waals surface area contributed by atoms with Gasteiger partial charge in [-0.15, -0.1) is 10.2 Å². The van der Waals surface area contributed by atoms with Crippen LogP contribution in [0.4, 0.5) is 4.39 Å². The van der Waals surface area contributed by atoms with E-state index in [9.17, 15) is 4.39 Å². The van der Waals surface area contributed by atoms with Crippen LogP contribution in [-0.4, -0.2) is 15.4 Å². The molecule has 0 fully saturated rings. The molecule has 0 saturated heterocycles. The Morgan fingerprint density at radius 2 is 1.92 bits per heavy atom. The molecule has 2 aromatic rings. The Balaban J connectivity index is 2.54. The van der Waals surface area contributed by atoms with Gasteiger partial charge in [0, 0.05) is 5.56 Å². The topological polar surface area (TPSA) is 38.7 Å². The van der Waals surface area contributed by atoms with Crippen LogP contribution >= 0.6 is 0 Å². The largest absolute Gasteiger partial charge is 0.206 e. The highest BCUT2D eigenvalue weighted by Gasteiger charge is 2.03. The third-order valence-corrected chi connectivity index (χ3v) is 1.65. The summed E-state index contributed by atoms with van der Waals surface area (Å²) in [4.78, 5) is 0. The maximum absolute atomic E-state index is 13.2. The van der Waals surface area contributed by atoms with Gasteiger partial charge in [0.2, 0.25) is 0 Å². The van der Waals surface area contributed by atoms with E-state index in [1.54, 1.807) is 24.3 Å². The quantitative estimate of drug-likeness (QED) is 0.661. The summed E-state index contributed by atoms with van der Waals surface area (Å²) in [6, 6.07) is 8.04. The molecule has 13 heavy (non-hydrogen) atoms. The van der Waals surface area contributed by atoms with E-state index in [1.807, 2.05) is 0 Å². The van der Waals surface area contributed by atoms with E-state index in [4.69, 9.17) is 0 Å². The lowest BCUT2D eigenvalue weighted by atomic mass is 10.1. The molecule has 0 spiro atoms. The molecule has 4 heteroatoms. The smallest absolute Gasteiger partial charge is 0.132 e. The van der Waals surface area contributed by atoms with E-state index in [0.717, 1.165) is 0 Å². The first kappa shape index (κ1) is 7.79. The van der Waals surface area contributed by atoms with Crippen LogP contribution in [-0.2, 0) is 0 Å². The zero-order valence-corrected chi connectivity index (χ0v) is 6.68. The van der Waals surface area contributed by atoms with Crippen LogP contribution in [0.15, 0.2) is 36.5 Å². The number of hydrogen-bond donors (Lipinski definition) is 0. The van der Waals surface area contributed by atoms with Crippen molar-refractivity contribution < 1.29 is 4.39 Å². The predicted molar refractivity (Wildman–Crippen MR) is 45.2 cm³/mol. The van der Waals surface area contributed by atoms with Crippen molar-refractivity contribution in [1.29, 1.82) is 0 Å². The fourth-order valence-electron chi connectivity index (χ4n) is 1.05. The lowest BCUT2D eigenvalue weighted by molar-refractivity contribution is 0.630. The number of halogens is 1. The van der Waals surface area contributed by atoms with E-state index in [0.29, 0.717) is 11.3 Å². The molecule has 0 aliphatic heterocycles. The number of rotatable bonds is 1. The minimum Gasteiger partial charge on any atom is -0.206 e. The molecular weight excluding hydrogens is 169 g/mol. The molecule has 1 aromatic carbocycles.